The van der Waals surface area contributed by atoms with Crippen LogP contribution in [0.2, 0.25) is 0 Å². The zero-order chi connectivity index (χ0) is 25.7. The molecule has 200 valence electrons. The molecule has 1 aromatic rings. The van der Waals surface area contributed by atoms with E-state index in [1.807, 2.05) is 0 Å². The highest BCUT2D eigenvalue weighted by atomic mass is 19.4. The fraction of sp³-hybridized carbons (Fsp3) is 0.750. The summed E-state index contributed by atoms with van der Waals surface area (Å²) in [5, 5.41) is 0. The maximum Gasteiger partial charge on any atom is 0.416 e. The number of hydrogen-bond acceptors (Lipinski definition) is 3. The second-order valence-electron chi connectivity index (χ2n) is 10.1. The van der Waals surface area contributed by atoms with E-state index in [2.05, 4.69) is 18.9 Å². The Bertz CT molecular complexity index is 716. The standard InChI is InChI=1S/C28H45F3N2O2/c1-4-5-9-20-32(2)21-10-7-6-8-11-22-35-26-18-16-25(17-19-26)33(3)27(34)23-12-14-24(15-13-23)28(29,30)31/h12-15,25-26H,4-11,16-22H2,1-3H3/t25-,26-. The summed E-state index contributed by atoms with van der Waals surface area (Å²) in [6.07, 6.45) is 9.43. The number of halogens is 3. The van der Waals surface area contributed by atoms with E-state index in [1.54, 1.807) is 11.9 Å². The molecule has 0 spiro atoms. The van der Waals surface area contributed by atoms with E-state index < -0.39 is 11.7 Å². The van der Waals surface area contributed by atoms with Gasteiger partial charge < -0.3 is 14.5 Å². The van der Waals surface area contributed by atoms with Crippen LogP contribution in [0.5, 0.6) is 0 Å². The first-order valence-corrected chi connectivity index (χ1v) is 13.5. The number of amides is 1. The zero-order valence-electron chi connectivity index (χ0n) is 21.9. The van der Waals surface area contributed by atoms with Crippen LogP contribution in [0.15, 0.2) is 24.3 Å². The first-order chi connectivity index (χ1) is 16.7. The van der Waals surface area contributed by atoms with E-state index >= 15 is 0 Å². The third kappa shape index (κ3) is 10.9. The van der Waals surface area contributed by atoms with E-state index in [4.69, 9.17) is 4.74 Å². The molecule has 0 bridgehead atoms. The van der Waals surface area contributed by atoms with Crippen LogP contribution in [0.3, 0.4) is 0 Å². The number of ether oxygens (including phenoxy) is 1. The van der Waals surface area contributed by atoms with Crippen molar-refractivity contribution in [1.29, 1.82) is 0 Å². The number of unbranched alkanes of at least 4 members (excludes halogenated alkanes) is 6. The van der Waals surface area contributed by atoms with Gasteiger partial charge in [-0.15, -0.1) is 0 Å². The topological polar surface area (TPSA) is 32.8 Å². The van der Waals surface area contributed by atoms with Crippen LogP contribution in [0.1, 0.15) is 99.9 Å². The molecular weight excluding hydrogens is 453 g/mol. The maximum atomic E-state index is 12.7. The van der Waals surface area contributed by atoms with E-state index in [0.717, 1.165) is 50.8 Å². The zero-order valence-corrected chi connectivity index (χ0v) is 21.9. The van der Waals surface area contributed by atoms with Crippen molar-refractivity contribution in [3.63, 3.8) is 0 Å². The molecule has 0 aromatic heterocycles. The molecule has 1 amide bonds. The van der Waals surface area contributed by atoms with Crippen LogP contribution in [0, 0.1) is 0 Å². The molecule has 1 fully saturated rings. The van der Waals surface area contributed by atoms with Crippen LogP contribution < -0.4 is 0 Å². The predicted octanol–water partition coefficient (Wildman–Crippen LogP) is 7.18. The molecule has 0 saturated heterocycles. The van der Waals surface area contributed by atoms with Crippen LogP contribution in [-0.2, 0) is 10.9 Å². The lowest BCUT2D eigenvalue weighted by molar-refractivity contribution is -0.137. The highest BCUT2D eigenvalue weighted by Crippen LogP contribution is 2.30. The Morgan fingerprint density at radius 1 is 0.886 bits per heavy atom. The van der Waals surface area contributed by atoms with Gasteiger partial charge in [0.1, 0.15) is 0 Å². The molecule has 1 aliphatic carbocycles. The Kier molecular flexibility index (Phi) is 13.1. The second-order valence-corrected chi connectivity index (χ2v) is 10.1. The van der Waals surface area contributed by atoms with Crippen molar-refractivity contribution in [3.8, 4) is 0 Å². The van der Waals surface area contributed by atoms with Crippen LogP contribution in [0.25, 0.3) is 0 Å². The van der Waals surface area contributed by atoms with Crippen molar-refractivity contribution in [2.24, 2.45) is 0 Å². The van der Waals surface area contributed by atoms with Crippen molar-refractivity contribution in [3.05, 3.63) is 35.4 Å². The summed E-state index contributed by atoms with van der Waals surface area (Å²) in [5.41, 5.74) is -0.443. The first-order valence-electron chi connectivity index (χ1n) is 13.5. The summed E-state index contributed by atoms with van der Waals surface area (Å²) >= 11 is 0. The minimum atomic E-state index is -4.39. The third-order valence-electron chi connectivity index (χ3n) is 7.15. The van der Waals surface area contributed by atoms with Gasteiger partial charge in [-0.1, -0.05) is 39.0 Å². The van der Waals surface area contributed by atoms with Gasteiger partial charge in [-0.25, -0.2) is 0 Å². The van der Waals surface area contributed by atoms with Crippen LogP contribution >= 0.6 is 0 Å². The maximum absolute atomic E-state index is 12.7. The van der Waals surface area contributed by atoms with Crippen LogP contribution in [0.4, 0.5) is 13.2 Å². The molecule has 35 heavy (non-hydrogen) atoms. The molecule has 0 atom stereocenters. The summed E-state index contributed by atoms with van der Waals surface area (Å²) in [4.78, 5) is 16.8. The number of carbonyl (C=O) groups excluding carboxylic acids is 1. The molecule has 0 N–H and O–H groups in total. The van der Waals surface area contributed by atoms with Crippen molar-refractivity contribution in [2.45, 2.75) is 102 Å². The number of rotatable bonds is 15. The summed E-state index contributed by atoms with van der Waals surface area (Å²) < 4.78 is 44.3. The molecule has 0 radical (unpaired) electrons. The fourth-order valence-electron chi connectivity index (χ4n) is 4.78. The van der Waals surface area contributed by atoms with Gasteiger partial charge in [0.15, 0.2) is 0 Å². The first kappa shape index (κ1) is 29.6. The Balaban J connectivity index is 1.55. The lowest BCUT2D eigenvalue weighted by atomic mass is 9.91. The number of hydrogen-bond donors (Lipinski definition) is 0. The van der Waals surface area contributed by atoms with E-state index in [9.17, 15) is 18.0 Å². The quantitative estimate of drug-likeness (QED) is 0.240. The van der Waals surface area contributed by atoms with Gasteiger partial charge in [-0.2, -0.15) is 13.2 Å². The SMILES string of the molecule is CCCCCN(C)CCCCCCCO[C@H]1CC[C@H](N(C)C(=O)c2ccc(C(F)(F)F)cc2)CC1. The second kappa shape index (κ2) is 15.5. The van der Waals surface area contributed by atoms with Gasteiger partial charge in [0.25, 0.3) is 5.91 Å². The number of alkyl halides is 3. The average Bonchev–Trinajstić information content (AvgIpc) is 2.85. The summed E-state index contributed by atoms with van der Waals surface area (Å²) in [6, 6.07) is 4.58. The average molecular weight is 499 g/mol. The Morgan fingerprint density at radius 3 is 2.06 bits per heavy atom. The van der Waals surface area contributed by atoms with E-state index in [-0.39, 0.29) is 18.1 Å². The fourth-order valence-corrected chi connectivity index (χ4v) is 4.78. The largest absolute Gasteiger partial charge is 0.416 e. The van der Waals surface area contributed by atoms with Crippen molar-refractivity contribution < 1.29 is 22.7 Å². The molecule has 4 nitrogen and oxygen atoms in total. The number of carbonyl (C=O) groups is 1. The summed E-state index contributed by atoms with van der Waals surface area (Å²) in [7, 11) is 3.97. The predicted molar refractivity (Wildman–Crippen MR) is 136 cm³/mol. The monoisotopic (exact) mass is 498 g/mol. The van der Waals surface area contributed by atoms with Gasteiger partial charge in [0.2, 0.25) is 0 Å². The normalized spacial score (nSPS) is 18.7. The minimum absolute atomic E-state index is 0.102. The molecule has 0 unspecified atom stereocenters. The third-order valence-corrected chi connectivity index (χ3v) is 7.15. The van der Waals surface area contributed by atoms with E-state index in [0.29, 0.717) is 5.56 Å². The highest BCUT2D eigenvalue weighted by Gasteiger charge is 2.31. The van der Waals surface area contributed by atoms with Gasteiger partial charge in [-0.05, 0) is 89.3 Å². The van der Waals surface area contributed by atoms with Gasteiger partial charge in [-0.3, -0.25) is 4.79 Å². The number of benzene rings is 1. The van der Waals surface area contributed by atoms with Gasteiger partial charge in [0.05, 0.1) is 11.7 Å². The molecule has 1 aliphatic rings. The molecule has 7 heteroatoms. The molecule has 2 rings (SSSR count). The molecular formula is C28H45F3N2O2. The smallest absolute Gasteiger partial charge is 0.378 e. The molecule has 0 heterocycles. The molecule has 1 aromatic carbocycles. The molecule has 1 saturated carbocycles. The van der Waals surface area contributed by atoms with E-state index in [1.165, 1.54) is 70.2 Å². The Labute approximate surface area is 210 Å². The lowest BCUT2D eigenvalue weighted by Gasteiger charge is -2.34. The van der Waals surface area contributed by atoms with Crippen molar-refractivity contribution in [2.75, 3.05) is 33.8 Å². The molecule has 0 aliphatic heterocycles. The van der Waals surface area contributed by atoms with Crippen LogP contribution in [-0.4, -0.2) is 61.6 Å². The van der Waals surface area contributed by atoms with Crippen molar-refractivity contribution in [1.82, 2.24) is 9.80 Å². The summed E-state index contributed by atoms with van der Waals surface area (Å²) in [5.74, 6) is -0.227. The lowest BCUT2D eigenvalue weighted by Crippen LogP contribution is -2.40. The Morgan fingerprint density at radius 2 is 1.46 bits per heavy atom. The number of nitrogens with zero attached hydrogens (tertiary/aromatic N) is 2. The van der Waals surface area contributed by atoms with Gasteiger partial charge >= 0.3 is 6.18 Å². The summed E-state index contributed by atoms with van der Waals surface area (Å²) in [6.45, 7) is 5.44. The van der Waals surface area contributed by atoms with Crippen molar-refractivity contribution >= 4 is 5.91 Å². The highest BCUT2D eigenvalue weighted by molar-refractivity contribution is 5.94. The minimum Gasteiger partial charge on any atom is -0.378 e. The van der Waals surface area contributed by atoms with Gasteiger partial charge in [0, 0.05) is 25.3 Å². The Hall–Kier alpha value is -1.60.